The molecule has 0 radical (unpaired) electrons. The Hall–Kier alpha value is -4.99. The minimum absolute atomic E-state index is 0.0426. The third-order valence-corrected chi connectivity index (χ3v) is 8.58. The van der Waals surface area contributed by atoms with Gasteiger partial charge in [-0.25, -0.2) is 9.69 Å². The lowest BCUT2D eigenvalue weighted by molar-refractivity contribution is -0.123. The van der Waals surface area contributed by atoms with E-state index in [1.165, 1.54) is 25.3 Å². The summed E-state index contributed by atoms with van der Waals surface area (Å²) in [5.41, 5.74) is 1.53. The molecule has 208 valence electrons. The molecular weight excluding hydrogens is 530 g/mol. The largest absolute Gasteiger partial charge is 0.507 e. The van der Waals surface area contributed by atoms with Crippen molar-refractivity contribution in [2.45, 2.75) is 25.7 Å². The van der Waals surface area contributed by atoms with Gasteiger partial charge >= 0.3 is 5.97 Å². The van der Waals surface area contributed by atoms with Gasteiger partial charge in [-0.15, -0.1) is 0 Å². The van der Waals surface area contributed by atoms with Gasteiger partial charge in [0.2, 0.25) is 11.8 Å². The van der Waals surface area contributed by atoms with E-state index >= 15 is 0 Å². The quantitative estimate of drug-likeness (QED) is 0.292. The molecule has 2 aromatic rings. The molecule has 3 aliphatic carbocycles. The maximum absolute atomic E-state index is 13.9. The van der Waals surface area contributed by atoms with Gasteiger partial charge in [0.1, 0.15) is 22.8 Å². The third-order valence-electron chi connectivity index (χ3n) is 8.58. The number of rotatable bonds is 4. The van der Waals surface area contributed by atoms with Crippen molar-refractivity contribution < 1.29 is 44.0 Å². The second-order valence-corrected chi connectivity index (χ2v) is 10.7. The number of amides is 2. The lowest BCUT2D eigenvalue weighted by Crippen LogP contribution is -2.39. The van der Waals surface area contributed by atoms with E-state index < -0.39 is 47.2 Å². The number of carboxylic acids is 1. The average molecular weight is 556 g/mol. The summed E-state index contributed by atoms with van der Waals surface area (Å²) in [6.45, 7) is 1.56. The summed E-state index contributed by atoms with van der Waals surface area (Å²) < 4.78 is 5.22. The molecule has 2 aromatic carbocycles. The van der Waals surface area contributed by atoms with Crippen molar-refractivity contribution in [3.63, 3.8) is 0 Å². The Morgan fingerprint density at radius 1 is 0.976 bits per heavy atom. The number of nitrogens with zero attached hydrogens (tertiary/aromatic N) is 1. The molecular formula is C31H25NO9. The fourth-order valence-corrected chi connectivity index (χ4v) is 6.71. The first-order valence-corrected chi connectivity index (χ1v) is 13.0. The summed E-state index contributed by atoms with van der Waals surface area (Å²) in [6, 6.07) is 8.18. The SMILES string of the molecule is COc1ccc(C2C3=CCC4C(=O)N(c5ccc(C(=O)O)c(O)c5)C(=O)C4C3CC3=C2C(=O)C(C)=CC3=O)c(O)c1. The van der Waals surface area contributed by atoms with Crippen LogP contribution >= 0.6 is 0 Å². The van der Waals surface area contributed by atoms with Crippen LogP contribution in [0.15, 0.2) is 70.8 Å². The van der Waals surface area contributed by atoms with Crippen LogP contribution in [0, 0.1) is 17.8 Å². The predicted molar refractivity (Wildman–Crippen MR) is 144 cm³/mol. The number of methoxy groups -OCH3 is 1. The molecule has 1 fully saturated rings. The lowest BCUT2D eigenvalue weighted by atomic mass is 9.59. The van der Waals surface area contributed by atoms with Gasteiger partial charge in [-0.05, 0) is 50.0 Å². The first-order chi connectivity index (χ1) is 19.5. The van der Waals surface area contributed by atoms with E-state index in [0.717, 1.165) is 17.0 Å². The van der Waals surface area contributed by atoms with E-state index in [0.29, 0.717) is 16.9 Å². The van der Waals surface area contributed by atoms with Crippen molar-refractivity contribution in [1.29, 1.82) is 0 Å². The molecule has 4 aliphatic rings. The zero-order chi connectivity index (χ0) is 29.3. The van der Waals surface area contributed by atoms with Crippen molar-refractivity contribution >= 4 is 35.0 Å². The number of imide groups is 1. The van der Waals surface area contributed by atoms with Crippen molar-refractivity contribution in [1.82, 2.24) is 0 Å². The standard InChI is InChI=1S/C31H25NO9/c1-13-9-22(33)21-12-20-16(25(27(21)28(13)36)17-6-4-15(41-2)11-24(17)35)7-8-19-26(20)30(38)32(29(19)37)14-3-5-18(31(39)40)23(34)10-14/h3-7,9-11,19-20,25-26,34-35H,8,12H2,1-2H3,(H,39,40). The molecule has 1 aliphatic heterocycles. The number of phenolic OH excluding ortho intramolecular Hbond substituents is 1. The molecule has 0 bridgehead atoms. The van der Waals surface area contributed by atoms with E-state index in [1.54, 1.807) is 19.1 Å². The molecule has 0 spiro atoms. The number of aromatic hydroxyl groups is 2. The van der Waals surface area contributed by atoms with Crippen LogP contribution < -0.4 is 9.64 Å². The van der Waals surface area contributed by atoms with Gasteiger partial charge in [-0.2, -0.15) is 0 Å². The fourth-order valence-electron chi connectivity index (χ4n) is 6.71. The molecule has 10 nitrogen and oxygen atoms in total. The van der Waals surface area contributed by atoms with Crippen LogP contribution in [0.5, 0.6) is 17.2 Å². The van der Waals surface area contributed by atoms with Crippen LogP contribution in [0.2, 0.25) is 0 Å². The zero-order valence-electron chi connectivity index (χ0n) is 22.1. The van der Waals surface area contributed by atoms with Gasteiger partial charge in [0.25, 0.3) is 0 Å². The number of carboxylic acid groups (broad SMARTS) is 1. The van der Waals surface area contributed by atoms with E-state index in [2.05, 4.69) is 0 Å². The Bertz CT molecular complexity index is 1690. The molecule has 0 saturated carbocycles. The van der Waals surface area contributed by atoms with Crippen LogP contribution in [-0.2, 0) is 19.2 Å². The fraction of sp³-hybridized carbons (Fsp3) is 0.258. The number of Topliss-reactive ketones (excluding diaryl/α,β-unsaturated/α-hetero) is 1. The van der Waals surface area contributed by atoms with E-state index in [-0.39, 0.29) is 58.1 Å². The number of carbonyl (C=O) groups excluding carboxylic acids is 4. The summed E-state index contributed by atoms with van der Waals surface area (Å²) >= 11 is 0. The number of hydrogen-bond acceptors (Lipinski definition) is 8. The first kappa shape index (κ1) is 26.2. The molecule has 6 rings (SSSR count). The first-order valence-electron chi connectivity index (χ1n) is 13.0. The number of carbonyl (C=O) groups is 5. The molecule has 41 heavy (non-hydrogen) atoms. The van der Waals surface area contributed by atoms with Gasteiger partial charge in [0.15, 0.2) is 11.6 Å². The molecule has 1 saturated heterocycles. The highest BCUT2D eigenvalue weighted by molar-refractivity contribution is 6.25. The van der Waals surface area contributed by atoms with Crippen LogP contribution in [0.25, 0.3) is 0 Å². The second kappa shape index (κ2) is 9.29. The minimum atomic E-state index is -1.36. The van der Waals surface area contributed by atoms with Crippen LogP contribution in [-0.4, -0.2) is 51.8 Å². The number of fused-ring (bicyclic) bond motifs is 3. The Kier molecular flexibility index (Phi) is 5.95. The second-order valence-electron chi connectivity index (χ2n) is 10.7. The van der Waals surface area contributed by atoms with Crippen molar-refractivity contribution in [2.75, 3.05) is 12.0 Å². The number of hydrogen-bond donors (Lipinski definition) is 3. The van der Waals surface area contributed by atoms with E-state index in [1.807, 2.05) is 6.08 Å². The lowest BCUT2D eigenvalue weighted by Gasteiger charge is -2.42. The van der Waals surface area contributed by atoms with Crippen molar-refractivity contribution in [3.05, 3.63) is 82.0 Å². The number of anilines is 1. The zero-order valence-corrected chi connectivity index (χ0v) is 22.1. The molecule has 0 aromatic heterocycles. The topological polar surface area (TPSA) is 159 Å². The summed E-state index contributed by atoms with van der Waals surface area (Å²) in [4.78, 5) is 66.5. The number of ketones is 2. The monoisotopic (exact) mass is 555 g/mol. The molecule has 1 heterocycles. The van der Waals surface area contributed by atoms with Gasteiger partial charge in [-0.3, -0.25) is 19.2 Å². The molecule has 2 amide bonds. The van der Waals surface area contributed by atoms with Crippen molar-refractivity contribution in [2.24, 2.45) is 17.8 Å². The van der Waals surface area contributed by atoms with Gasteiger partial charge in [0, 0.05) is 40.3 Å². The maximum Gasteiger partial charge on any atom is 0.339 e. The highest BCUT2D eigenvalue weighted by atomic mass is 16.5. The normalized spacial score (nSPS) is 25.4. The van der Waals surface area contributed by atoms with Gasteiger partial charge in [-0.1, -0.05) is 17.7 Å². The summed E-state index contributed by atoms with van der Waals surface area (Å²) in [5, 5.41) is 30.5. The maximum atomic E-state index is 13.9. The Labute approximate surface area is 233 Å². The summed E-state index contributed by atoms with van der Waals surface area (Å²) in [5.74, 6) is -6.42. The number of ether oxygens (including phenoxy) is 1. The highest BCUT2D eigenvalue weighted by Crippen LogP contribution is 2.56. The van der Waals surface area contributed by atoms with Gasteiger partial charge in [0.05, 0.1) is 24.6 Å². The van der Waals surface area contributed by atoms with E-state index in [4.69, 9.17) is 4.74 Å². The van der Waals surface area contributed by atoms with Crippen LogP contribution in [0.1, 0.15) is 41.6 Å². The predicted octanol–water partition coefficient (Wildman–Crippen LogP) is 3.44. The number of aromatic carboxylic acids is 1. The molecule has 10 heteroatoms. The Morgan fingerprint density at radius 3 is 2.39 bits per heavy atom. The Balaban J connectivity index is 1.47. The van der Waals surface area contributed by atoms with Crippen LogP contribution in [0.3, 0.4) is 0 Å². The van der Waals surface area contributed by atoms with E-state index in [9.17, 15) is 39.3 Å². The highest BCUT2D eigenvalue weighted by Gasteiger charge is 2.57. The summed E-state index contributed by atoms with van der Waals surface area (Å²) in [6.07, 6.45) is 3.36. The average Bonchev–Trinajstić information content (AvgIpc) is 3.20. The molecule has 4 unspecified atom stereocenters. The van der Waals surface area contributed by atoms with Crippen molar-refractivity contribution in [3.8, 4) is 17.2 Å². The van der Waals surface area contributed by atoms with Crippen LogP contribution in [0.4, 0.5) is 5.69 Å². The summed E-state index contributed by atoms with van der Waals surface area (Å²) in [7, 11) is 1.45. The number of benzene rings is 2. The third kappa shape index (κ3) is 3.81. The van der Waals surface area contributed by atoms with Gasteiger partial charge < -0.3 is 20.1 Å². The molecule has 3 N–H and O–H groups in total. The number of allylic oxidation sites excluding steroid dienone is 6. The minimum Gasteiger partial charge on any atom is -0.507 e. The molecule has 4 atom stereocenters. The number of phenols is 2. The smallest absolute Gasteiger partial charge is 0.339 e. The Morgan fingerprint density at radius 2 is 1.73 bits per heavy atom.